The molecule has 2 aromatic rings. The van der Waals surface area contributed by atoms with Gasteiger partial charge < -0.3 is 20.0 Å². The van der Waals surface area contributed by atoms with Gasteiger partial charge in [0, 0.05) is 0 Å². The lowest BCUT2D eigenvalue weighted by Gasteiger charge is -2.06. The Balaban J connectivity index is 1.85. The third-order valence-corrected chi connectivity index (χ3v) is 4.64. The van der Waals surface area contributed by atoms with Crippen molar-refractivity contribution >= 4 is 40.6 Å². The largest absolute Gasteiger partial charge is 0.545 e. The van der Waals surface area contributed by atoms with Crippen molar-refractivity contribution in [3.8, 4) is 5.75 Å². The third-order valence-electron chi connectivity index (χ3n) is 3.73. The second-order valence-corrected chi connectivity index (χ2v) is 6.57. The maximum absolute atomic E-state index is 12.2. The number of carboxylic acid groups (broad SMARTS) is 1. The number of hydrogen-bond donors (Lipinski definition) is 1. The van der Waals surface area contributed by atoms with E-state index in [0.717, 1.165) is 16.9 Å². The van der Waals surface area contributed by atoms with E-state index in [1.165, 1.54) is 23.9 Å². The number of methoxy groups -OCH3 is 1. The maximum atomic E-state index is 12.2. The zero-order valence-corrected chi connectivity index (χ0v) is 14.9. The van der Waals surface area contributed by atoms with Gasteiger partial charge in [-0.25, -0.2) is 4.99 Å². The number of hydrogen-bond acceptors (Lipinski definition) is 6. The molecule has 1 amide bonds. The quantitative estimate of drug-likeness (QED) is 0.837. The van der Waals surface area contributed by atoms with Crippen LogP contribution >= 0.6 is 11.8 Å². The zero-order valence-electron chi connectivity index (χ0n) is 14.1. The van der Waals surface area contributed by atoms with E-state index >= 15 is 0 Å². The van der Waals surface area contributed by atoms with Crippen LogP contribution < -0.4 is 15.2 Å². The average molecular weight is 367 g/mol. The minimum Gasteiger partial charge on any atom is -0.545 e. The van der Waals surface area contributed by atoms with E-state index in [0.29, 0.717) is 15.8 Å². The van der Waals surface area contributed by atoms with Crippen molar-refractivity contribution < 1.29 is 19.4 Å². The Kier molecular flexibility index (Phi) is 5.09. The minimum atomic E-state index is -1.27. The van der Waals surface area contributed by atoms with E-state index in [-0.39, 0.29) is 11.5 Å². The van der Waals surface area contributed by atoms with Gasteiger partial charge in [0.05, 0.1) is 23.7 Å². The molecule has 1 aliphatic rings. The molecule has 3 rings (SSSR count). The normalized spacial score (nSPS) is 16.8. The number of nitrogens with one attached hydrogen (secondary N) is 1. The summed E-state index contributed by atoms with van der Waals surface area (Å²) in [6, 6.07) is 11.9. The Labute approximate surface area is 154 Å². The van der Waals surface area contributed by atoms with Crippen molar-refractivity contribution in [2.24, 2.45) is 4.99 Å². The van der Waals surface area contributed by atoms with Gasteiger partial charge in [-0.1, -0.05) is 24.3 Å². The first-order valence-electron chi connectivity index (χ1n) is 7.72. The summed E-state index contributed by atoms with van der Waals surface area (Å²) in [5.41, 5.74) is 2.17. The Hall–Kier alpha value is -3.06. The van der Waals surface area contributed by atoms with Crippen molar-refractivity contribution in [2.45, 2.75) is 6.92 Å². The van der Waals surface area contributed by atoms with E-state index in [9.17, 15) is 14.7 Å². The molecule has 132 valence electrons. The molecule has 2 aromatic carbocycles. The molecule has 1 fully saturated rings. The molecule has 26 heavy (non-hydrogen) atoms. The lowest BCUT2D eigenvalue weighted by atomic mass is 10.1. The van der Waals surface area contributed by atoms with Crippen LogP contribution in [-0.2, 0) is 4.79 Å². The molecule has 0 aromatic heterocycles. The second kappa shape index (κ2) is 7.45. The van der Waals surface area contributed by atoms with E-state index in [4.69, 9.17) is 4.74 Å². The number of thioether (sulfide) groups is 1. The van der Waals surface area contributed by atoms with Gasteiger partial charge in [0.1, 0.15) is 5.75 Å². The number of nitrogens with zero attached hydrogens (tertiary/aromatic N) is 1. The van der Waals surface area contributed by atoms with Crippen LogP contribution in [0, 0.1) is 6.92 Å². The van der Waals surface area contributed by atoms with Gasteiger partial charge in [0.15, 0.2) is 5.17 Å². The first kappa shape index (κ1) is 17.8. The predicted octanol–water partition coefficient (Wildman–Crippen LogP) is 2.26. The Morgan fingerprint density at radius 2 is 1.96 bits per heavy atom. The van der Waals surface area contributed by atoms with Crippen LogP contribution in [0.5, 0.6) is 5.75 Å². The third kappa shape index (κ3) is 3.94. The zero-order chi connectivity index (χ0) is 18.7. The standard InChI is InChI=1S/C19H16N2O4S/c1-11-3-6-13(18(23)24)10-15(11)20-19-21-17(22)16(26-19)9-12-4-7-14(25-2)8-5-12/h3-10H,1-2H3,(H,23,24)(H,20,21,22)/p-1/b16-9-. The summed E-state index contributed by atoms with van der Waals surface area (Å²) in [4.78, 5) is 28.0. The fraction of sp³-hybridized carbons (Fsp3) is 0.105. The summed E-state index contributed by atoms with van der Waals surface area (Å²) in [5, 5.41) is 14.1. The fourth-order valence-electron chi connectivity index (χ4n) is 2.30. The van der Waals surface area contributed by atoms with Crippen LogP contribution in [0.2, 0.25) is 0 Å². The highest BCUT2D eigenvalue weighted by Gasteiger charge is 2.24. The number of aryl methyl sites for hydroxylation is 1. The summed E-state index contributed by atoms with van der Waals surface area (Å²) in [7, 11) is 1.59. The smallest absolute Gasteiger partial charge is 0.264 e. The van der Waals surface area contributed by atoms with Crippen molar-refractivity contribution in [1.29, 1.82) is 0 Å². The number of amides is 1. The molecule has 6 nitrogen and oxygen atoms in total. The van der Waals surface area contributed by atoms with Crippen molar-refractivity contribution in [3.05, 3.63) is 64.1 Å². The van der Waals surface area contributed by atoms with Gasteiger partial charge in [-0.15, -0.1) is 0 Å². The first-order chi connectivity index (χ1) is 12.5. The van der Waals surface area contributed by atoms with Crippen molar-refractivity contribution in [1.82, 2.24) is 5.32 Å². The lowest BCUT2D eigenvalue weighted by Crippen LogP contribution is -2.22. The summed E-state index contributed by atoms with van der Waals surface area (Å²) in [6.07, 6.45) is 1.76. The molecule has 1 N–H and O–H groups in total. The van der Waals surface area contributed by atoms with E-state index < -0.39 is 5.97 Å². The monoisotopic (exact) mass is 367 g/mol. The Morgan fingerprint density at radius 1 is 1.23 bits per heavy atom. The highest BCUT2D eigenvalue weighted by Crippen LogP contribution is 2.29. The lowest BCUT2D eigenvalue weighted by molar-refractivity contribution is -0.255. The van der Waals surface area contributed by atoms with Crippen LogP contribution in [0.4, 0.5) is 5.69 Å². The number of rotatable bonds is 4. The van der Waals surface area contributed by atoms with Gasteiger partial charge in [0.25, 0.3) is 5.91 Å². The second-order valence-electron chi connectivity index (χ2n) is 5.54. The van der Waals surface area contributed by atoms with Gasteiger partial charge in [-0.2, -0.15) is 0 Å². The maximum Gasteiger partial charge on any atom is 0.264 e. The molecule has 0 atom stereocenters. The van der Waals surface area contributed by atoms with Crippen LogP contribution in [0.3, 0.4) is 0 Å². The Morgan fingerprint density at radius 3 is 2.62 bits per heavy atom. The molecule has 0 unspecified atom stereocenters. The molecule has 7 heteroatoms. The van der Waals surface area contributed by atoms with Crippen LogP contribution in [0.25, 0.3) is 6.08 Å². The van der Waals surface area contributed by atoms with Gasteiger partial charge in [-0.05, 0) is 59.7 Å². The molecule has 1 heterocycles. The number of ether oxygens (including phenoxy) is 1. The number of carbonyl (C=O) groups is 2. The molecule has 0 radical (unpaired) electrons. The summed E-state index contributed by atoms with van der Waals surface area (Å²) in [5.74, 6) is -0.783. The number of carboxylic acids is 1. The number of aliphatic imine (C=N–C) groups is 1. The SMILES string of the molecule is COc1ccc(/C=C2\SC(=Nc3cc(C(=O)[O-])ccc3C)NC2=O)cc1. The fourth-order valence-corrected chi connectivity index (χ4v) is 3.13. The van der Waals surface area contributed by atoms with Crippen LogP contribution in [-0.4, -0.2) is 24.2 Å². The van der Waals surface area contributed by atoms with Gasteiger partial charge in [-0.3, -0.25) is 4.79 Å². The summed E-state index contributed by atoms with van der Waals surface area (Å²) in [6.45, 7) is 1.81. The van der Waals surface area contributed by atoms with E-state index in [1.54, 1.807) is 19.3 Å². The highest BCUT2D eigenvalue weighted by atomic mass is 32.2. The molecular formula is C19H15N2O4S-. The van der Waals surface area contributed by atoms with E-state index in [1.807, 2.05) is 31.2 Å². The minimum absolute atomic E-state index is 0.0401. The molecule has 0 spiro atoms. The van der Waals surface area contributed by atoms with Crippen LogP contribution in [0.1, 0.15) is 21.5 Å². The predicted molar refractivity (Wildman–Crippen MR) is 99.3 cm³/mol. The van der Waals surface area contributed by atoms with Crippen LogP contribution in [0.15, 0.2) is 52.4 Å². The highest BCUT2D eigenvalue weighted by molar-refractivity contribution is 8.18. The molecule has 0 bridgehead atoms. The molecule has 0 aliphatic carbocycles. The van der Waals surface area contributed by atoms with Crippen molar-refractivity contribution in [2.75, 3.05) is 7.11 Å². The summed E-state index contributed by atoms with van der Waals surface area (Å²) >= 11 is 1.20. The van der Waals surface area contributed by atoms with E-state index in [2.05, 4.69) is 10.3 Å². The van der Waals surface area contributed by atoms with Gasteiger partial charge >= 0.3 is 0 Å². The molecule has 1 aliphatic heterocycles. The molecule has 0 saturated carbocycles. The number of carbonyl (C=O) groups excluding carboxylic acids is 2. The topological polar surface area (TPSA) is 90.8 Å². The number of aromatic carboxylic acids is 1. The molecular weight excluding hydrogens is 352 g/mol. The number of amidine groups is 1. The molecule has 1 saturated heterocycles. The number of benzene rings is 2. The first-order valence-corrected chi connectivity index (χ1v) is 8.53. The summed E-state index contributed by atoms with van der Waals surface area (Å²) < 4.78 is 5.11. The van der Waals surface area contributed by atoms with Crippen molar-refractivity contribution in [3.63, 3.8) is 0 Å². The van der Waals surface area contributed by atoms with Gasteiger partial charge in [0.2, 0.25) is 0 Å². The average Bonchev–Trinajstić information content (AvgIpc) is 2.96. The Bertz CT molecular complexity index is 933.